The summed E-state index contributed by atoms with van der Waals surface area (Å²) in [4.78, 5) is 22.2. The van der Waals surface area contributed by atoms with Crippen LogP contribution in [0.4, 0.5) is 8.78 Å². The molecule has 0 aliphatic carbocycles. The third-order valence-electron chi connectivity index (χ3n) is 4.90. The molecule has 0 bridgehead atoms. The van der Waals surface area contributed by atoms with Gasteiger partial charge in [0.15, 0.2) is 11.5 Å². The molecule has 0 amide bonds. The van der Waals surface area contributed by atoms with Crippen LogP contribution in [0.25, 0.3) is 39.5 Å². The predicted molar refractivity (Wildman–Crippen MR) is 110 cm³/mol. The Kier molecular flexibility index (Phi) is 4.43. The van der Waals surface area contributed by atoms with E-state index in [1.165, 1.54) is 12.1 Å². The average molecular weight is 415 g/mol. The van der Waals surface area contributed by atoms with E-state index in [1.54, 1.807) is 36.4 Å². The molecule has 4 aromatic heterocycles. The van der Waals surface area contributed by atoms with Gasteiger partial charge in [0.1, 0.15) is 22.8 Å². The molecule has 0 radical (unpaired) electrons. The summed E-state index contributed by atoms with van der Waals surface area (Å²) in [5.74, 6) is -1.10. The van der Waals surface area contributed by atoms with Crippen LogP contribution >= 0.6 is 0 Å². The molecule has 7 nitrogen and oxygen atoms in total. The Morgan fingerprint density at radius 3 is 2.42 bits per heavy atom. The Morgan fingerprint density at radius 1 is 0.871 bits per heavy atom. The molecule has 0 fully saturated rings. The zero-order chi connectivity index (χ0) is 21.5. The van der Waals surface area contributed by atoms with Gasteiger partial charge < -0.3 is 0 Å². The first-order valence-electron chi connectivity index (χ1n) is 9.43. The van der Waals surface area contributed by atoms with Crippen molar-refractivity contribution in [3.63, 3.8) is 0 Å². The Balaban J connectivity index is 1.73. The molecule has 0 saturated heterocycles. The van der Waals surface area contributed by atoms with Gasteiger partial charge in [-0.15, -0.1) is 0 Å². The standard InChI is InChI=1S/C22H15F2N7/c1-12-13(2)28-22-20(27-12)19(17-4-3-15(23)9-18(17)24)29-21(30-22)14-10-26-31(11-14)16-5-7-25-8-6-16/h3-11H,1-2H3. The highest BCUT2D eigenvalue weighted by atomic mass is 19.1. The number of hydrogen-bond acceptors (Lipinski definition) is 6. The SMILES string of the molecule is Cc1nc2nc(-c3cnn(-c4ccncc4)c3)nc(-c3ccc(F)cc3F)c2nc1C. The lowest BCUT2D eigenvalue weighted by Crippen LogP contribution is -2.02. The summed E-state index contributed by atoms with van der Waals surface area (Å²) in [7, 11) is 0. The normalized spacial score (nSPS) is 11.2. The lowest BCUT2D eigenvalue weighted by molar-refractivity contribution is 0.585. The molecule has 9 heteroatoms. The van der Waals surface area contributed by atoms with Gasteiger partial charge in [0.05, 0.1) is 28.8 Å². The second kappa shape index (κ2) is 7.28. The van der Waals surface area contributed by atoms with Crippen molar-refractivity contribution in [2.45, 2.75) is 13.8 Å². The van der Waals surface area contributed by atoms with Gasteiger partial charge in [0.2, 0.25) is 0 Å². The van der Waals surface area contributed by atoms with Crippen LogP contribution in [0.2, 0.25) is 0 Å². The lowest BCUT2D eigenvalue weighted by Gasteiger charge is -2.10. The highest BCUT2D eigenvalue weighted by Crippen LogP contribution is 2.30. The molecular formula is C22H15F2N7. The molecule has 0 spiro atoms. The first-order chi connectivity index (χ1) is 15.0. The van der Waals surface area contributed by atoms with Crippen LogP contribution in [-0.2, 0) is 0 Å². The molecule has 1 aromatic carbocycles. The van der Waals surface area contributed by atoms with Crippen molar-refractivity contribution in [1.82, 2.24) is 34.7 Å². The highest BCUT2D eigenvalue weighted by molar-refractivity contribution is 5.88. The number of rotatable bonds is 3. The number of benzene rings is 1. The number of nitrogens with zero attached hydrogens (tertiary/aromatic N) is 7. The fourth-order valence-corrected chi connectivity index (χ4v) is 3.19. The van der Waals surface area contributed by atoms with Gasteiger partial charge in [-0.2, -0.15) is 5.10 Å². The zero-order valence-electron chi connectivity index (χ0n) is 16.6. The molecule has 0 N–H and O–H groups in total. The summed E-state index contributed by atoms with van der Waals surface area (Å²) in [6.07, 6.45) is 6.70. The summed E-state index contributed by atoms with van der Waals surface area (Å²) in [5, 5.41) is 4.36. The average Bonchev–Trinajstić information content (AvgIpc) is 3.25. The van der Waals surface area contributed by atoms with Crippen molar-refractivity contribution in [3.8, 4) is 28.3 Å². The minimum atomic E-state index is -0.738. The first kappa shape index (κ1) is 18.9. The topological polar surface area (TPSA) is 82.3 Å². The quantitative estimate of drug-likeness (QED) is 0.439. The molecule has 0 unspecified atom stereocenters. The molecule has 0 aliphatic rings. The Morgan fingerprint density at radius 2 is 1.65 bits per heavy atom. The van der Waals surface area contributed by atoms with E-state index in [0.717, 1.165) is 11.8 Å². The molecule has 4 heterocycles. The van der Waals surface area contributed by atoms with Crippen LogP contribution in [0.15, 0.2) is 55.1 Å². The van der Waals surface area contributed by atoms with E-state index in [9.17, 15) is 8.78 Å². The van der Waals surface area contributed by atoms with Crippen LogP contribution in [0.1, 0.15) is 11.4 Å². The number of aromatic nitrogens is 7. The van der Waals surface area contributed by atoms with Crippen LogP contribution in [0.3, 0.4) is 0 Å². The maximum atomic E-state index is 14.6. The maximum absolute atomic E-state index is 14.6. The van der Waals surface area contributed by atoms with E-state index in [-0.39, 0.29) is 11.3 Å². The minimum absolute atomic E-state index is 0.120. The molecular weight excluding hydrogens is 400 g/mol. The second-order valence-corrected chi connectivity index (χ2v) is 6.97. The van der Waals surface area contributed by atoms with Crippen molar-refractivity contribution in [2.24, 2.45) is 0 Å². The summed E-state index contributed by atoms with van der Waals surface area (Å²) in [6.45, 7) is 3.63. The third-order valence-corrected chi connectivity index (χ3v) is 4.90. The van der Waals surface area contributed by atoms with Crippen LogP contribution in [0, 0.1) is 25.5 Å². The Labute approximate surface area is 175 Å². The molecule has 5 aromatic rings. The third kappa shape index (κ3) is 3.39. The maximum Gasteiger partial charge on any atom is 0.182 e. The van der Waals surface area contributed by atoms with Crippen LogP contribution in [0.5, 0.6) is 0 Å². The molecule has 0 atom stereocenters. The van der Waals surface area contributed by atoms with Crippen molar-refractivity contribution in [3.05, 3.63) is 78.1 Å². The Bertz CT molecular complexity index is 1430. The van der Waals surface area contributed by atoms with Gasteiger partial charge in [-0.25, -0.2) is 33.4 Å². The van der Waals surface area contributed by atoms with Gasteiger partial charge in [0, 0.05) is 30.2 Å². The monoisotopic (exact) mass is 415 g/mol. The van der Waals surface area contributed by atoms with E-state index in [4.69, 9.17) is 0 Å². The second-order valence-electron chi connectivity index (χ2n) is 6.97. The summed E-state index contributed by atoms with van der Waals surface area (Å²) in [6, 6.07) is 6.97. The minimum Gasteiger partial charge on any atom is -0.265 e. The van der Waals surface area contributed by atoms with E-state index in [1.807, 2.05) is 19.1 Å². The predicted octanol–water partition coefficient (Wildman–Crippen LogP) is 4.23. The van der Waals surface area contributed by atoms with Crippen LogP contribution < -0.4 is 0 Å². The number of aryl methyl sites for hydroxylation is 2. The fraction of sp³-hybridized carbons (Fsp3) is 0.0909. The molecule has 152 valence electrons. The van der Waals surface area contributed by atoms with Gasteiger partial charge >= 0.3 is 0 Å². The lowest BCUT2D eigenvalue weighted by atomic mass is 10.1. The number of pyridine rings is 1. The number of halogens is 2. The molecule has 5 rings (SSSR count). The molecule has 0 aliphatic heterocycles. The van der Waals surface area contributed by atoms with Gasteiger partial charge in [-0.3, -0.25) is 4.98 Å². The first-order valence-corrected chi connectivity index (χ1v) is 9.43. The molecule has 0 saturated carbocycles. The summed E-state index contributed by atoms with van der Waals surface area (Å²) >= 11 is 0. The van der Waals surface area contributed by atoms with E-state index in [0.29, 0.717) is 33.9 Å². The van der Waals surface area contributed by atoms with E-state index >= 15 is 0 Å². The van der Waals surface area contributed by atoms with Gasteiger partial charge in [0.25, 0.3) is 0 Å². The largest absolute Gasteiger partial charge is 0.265 e. The number of hydrogen-bond donors (Lipinski definition) is 0. The van der Waals surface area contributed by atoms with E-state index in [2.05, 4.69) is 30.0 Å². The molecule has 31 heavy (non-hydrogen) atoms. The van der Waals surface area contributed by atoms with Crippen molar-refractivity contribution in [1.29, 1.82) is 0 Å². The van der Waals surface area contributed by atoms with Gasteiger partial charge in [-0.05, 0) is 38.1 Å². The zero-order valence-corrected chi connectivity index (χ0v) is 16.6. The number of fused-ring (bicyclic) bond motifs is 1. The van der Waals surface area contributed by atoms with Crippen molar-refractivity contribution < 1.29 is 8.78 Å². The fourth-order valence-electron chi connectivity index (χ4n) is 3.19. The van der Waals surface area contributed by atoms with E-state index < -0.39 is 11.6 Å². The summed E-state index contributed by atoms with van der Waals surface area (Å²) in [5.41, 5.74) is 3.84. The summed E-state index contributed by atoms with van der Waals surface area (Å²) < 4.78 is 29.8. The van der Waals surface area contributed by atoms with Crippen LogP contribution in [-0.4, -0.2) is 34.7 Å². The van der Waals surface area contributed by atoms with Crippen molar-refractivity contribution in [2.75, 3.05) is 0 Å². The van der Waals surface area contributed by atoms with Gasteiger partial charge in [-0.1, -0.05) is 0 Å². The van der Waals surface area contributed by atoms with Crippen molar-refractivity contribution >= 4 is 11.2 Å². The smallest absolute Gasteiger partial charge is 0.182 e. The Hall–Kier alpha value is -4.14. The highest BCUT2D eigenvalue weighted by Gasteiger charge is 2.19.